The Morgan fingerprint density at radius 3 is 2.55 bits per heavy atom. The highest BCUT2D eigenvalue weighted by Crippen LogP contribution is 2.21. The van der Waals surface area contributed by atoms with Gasteiger partial charge in [0.1, 0.15) is 0 Å². The normalized spacial score (nSPS) is 11.8. The number of carbonyl (C=O) groups excluding carboxylic acids is 1. The molecule has 0 fully saturated rings. The van der Waals surface area contributed by atoms with Crippen molar-refractivity contribution < 1.29 is 9.53 Å². The number of hydrogen-bond acceptors (Lipinski definition) is 3. The van der Waals surface area contributed by atoms with Crippen LogP contribution in [-0.2, 0) is 4.74 Å². The summed E-state index contributed by atoms with van der Waals surface area (Å²) in [4.78, 5) is 11.5. The average molecular weight is 334 g/mol. The van der Waals surface area contributed by atoms with Crippen molar-refractivity contribution in [3.63, 3.8) is 0 Å². The second kappa shape index (κ2) is 6.57. The largest absolute Gasteiger partial charge is 0.465 e. The number of esters is 1. The molecule has 0 heterocycles. The molecule has 0 amide bonds. The molecule has 0 radical (unpaired) electrons. The first-order chi connectivity index (χ1) is 9.60. The Morgan fingerprint density at radius 2 is 1.90 bits per heavy atom. The van der Waals surface area contributed by atoms with Crippen LogP contribution in [-0.4, -0.2) is 13.1 Å². The minimum absolute atomic E-state index is 0.149. The van der Waals surface area contributed by atoms with Crippen LogP contribution in [0.3, 0.4) is 0 Å². The van der Waals surface area contributed by atoms with Gasteiger partial charge in [-0.25, -0.2) is 4.79 Å². The summed E-state index contributed by atoms with van der Waals surface area (Å²) < 4.78 is 5.78. The molecule has 0 saturated heterocycles. The van der Waals surface area contributed by atoms with E-state index in [1.54, 1.807) is 12.1 Å². The summed E-state index contributed by atoms with van der Waals surface area (Å²) in [5.41, 5.74) is 2.61. The van der Waals surface area contributed by atoms with Crippen LogP contribution < -0.4 is 5.32 Å². The maximum absolute atomic E-state index is 11.5. The lowest BCUT2D eigenvalue weighted by atomic mass is 10.1. The molecule has 1 N–H and O–H groups in total. The quantitative estimate of drug-likeness (QED) is 0.842. The zero-order valence-corrected chi connectivity index (χ0v) is 13.0. The molecule has 20 heavy (non-hydrogen) atoms. The van der Waals surface area contributed by atoms with Crippen molar-refractivity contribution in [2.75, 3.05) is 12.4 Å². The number of nitrogens with one attached hydrogen (secondary N) is 1. The van der Waals surface area contributed by atoms with Crippen LogP contribution in [0.15, 0.2) is 53.0 Å². The van der Waals surface area contributed by atoms with Crippen LogP contribution in [0.5, 0.6) is 0 Å². The second-order valence-electron chi connectivity index (χ2n) is 4.49. The second-order valence-corrected chi connectivity index (χ2v) is 5.41. The summed E-state index contributed by atoms with van der Waals surface area (Å²) in [5.74, 6) is -0.329. The monoisotopic (exact) mass is 333 g/mol. The van der Waals surface area contributed by atoms with Crippen LogP contribution in [0.2, 0.25) is 0 Å². The number of carbonyl (C=O) groups is 1. The molecule has 4 heteroatoms. The molecule has 2 rings (SSSR count). The van der Waals surface area contributed by atoms with E-state index < -0.39 is 0 Å². The Balaban J connectivity index is 2.13. The van der Waals surface area contributed by atoms with E-state index in [9.17, 15) is 4.79 Å². The molecule has 0 bridgehead atoms. The third-order valence-electron chi connectivity index (χ3n) is 3.04. The van der Waals surface area contributed by atoms with Gasteiger partial charge >= 0.3 is 5.97 Å². The minimum Gasteiger partial charge on any atom is -0.465 e. The van der Waals surface area contributed by atoms with Gasteiger partial charge in [-0.3, -0.25) is 0 Å². The molecule has 0 aliphatic carbocycles. The maximum atomic E-state index is 11.5. The minimum atomic E-state index is -0.329. The van der Waals surface area contributed by atoms with Crippen LogP contribution in [0.1, 0.15) is 28.9 Å². The molecule has 0 aromatic heterocycles. The molecule has 0 saturated carbocycles. The van der Waals surface area contributed by atoms with Gasteiger partial charge in [-0.2, -0.15) is 0 Å². The lowest BCUT2D eigenvalue weighted by Gasteiger charge is -2.16. The third kappa shape index (κ3) is 3.61. The molecule has 1 unspecified atom stereocenters. The van der Waals surface area contributed by atoms with Crippen molar-refractivity contribution in [3.8, 4) is 0 Å². The first-order valence-corrected chi connectivity index (χ1v) is 7.10. The van der Waals surface area contributed by atoms with Crippen LogP contribution in [0.25, 0.3) is 0 Å². The fraction of sp³-hybridized carbons (Fsp3) is 0.188. The van der Waals surface area contributed by atoms with Gasteiger partial charge < -0.3 is 10.1 Å². The number of anilines is 1. The van der Waals surface area contributed by atoms with E-state index in [2.05, 4.69) is 40.3 Å². The van der Waals surface area contributed by atoms with E-state index in [-0.39, 0.29) is 12.0 Å². The van der Waals surface area contributed by atoms with Crippen molar-refractivity contribution in [3.05, 3.63) is 64.1 Å². The fourth-order valence-corrected chi connectivity index (χ4v) is 2.20. The molecule has 0 spiro atoms. The summed E-state index contributed by atoms with van der Waals surface area (Å²) in [6.07, 6.45) is 0. The number of benzene rings is 2. The molecular formula is C16H16BrNO2. The molecule has 2 aromatic rings. The van der Waals surface area contributed by atoms with E-state index >= 15 is 0 Å². The van der Waals surface area contributed by atoms with Crippen LogP contribution in [0, 0.1) is 0 Å². The summed E-state index contributed by atoms with van der Waals surface area (Å²) in [5, 5.41) is 3.37. The van der Waals surface area contributed by atoms with E-state index in [0.29, 0.717) is 5.56 Å². The summed E-state index contributed by atoms with van der Waals surface area (Å²) in [6, 6.07) is 15.6. The topological polar surface area (TPSA) is 38.3 Å². The number of hydrogen-bond donors (Lipinski definition) is 1. The average Bonchev–Trinajstić information content (AvgIpc) is 2.47. The Labute approximate surface area is 127 Å². The summed E-state index contributed by atoms with van der Waals surface area (Å²) >= 11 is 3.42. The number of methoxy groups -OCH3 is 1. The third-order valence-corrected chi connectivity index (χ3v) is 3.57. The van der Waals surface area contributed by atoms with E-state index in [0.717, 1.165) is 10.2 Å². The molecule has 2 aromatic carbocycles. The maximum Gasteiger partial charge on any atom is 0.337 e. The zero-order valence-electron chi connectivity index (χ0n) is 11.4. The predicted molar refractivity (Wildman–Crippen MR) is 84.0 cm³/mol. The standard InChI is InChI=1S/C16H16BrNO2/c1-11(12-6-8-14(17)9-7-12)18-15-5-3-4-13(10-15)16(19)20-2/h3-11,18H,1-2H3. The van der Waals surface area contributed by atoms with Gasteiger partial charge in [0.25, 0.3) is 0 Å². The smallest absolute Gasteiger partial charge is 0.337 e. The lowest BCUT2D eigenvalue weighted by Crippen LogP contribution is -2.08. The SMILES string of the molecule is COC(=O)c1cccc(NC(C)c2ccc(Br)cc2)c1. The van der Waals surface area contributed by atoms with Gasteiger partial charge in [0, 0.05) is 16.2 Å². The van der Waals surface area contributed by atoms with Gasteiger partial charge in [-0.1, -0.05) is 34.1 Å². The van der Waals surface area contributed by atoms with Gasteiger partial charge in [0.15, 0.2) is 0 Å². The Morgan fingerprint density at radius 1 is 1.20 bits per heavy atom. The first-order valence-electron chi connectivity index (χ1n) is 6.30. The van der Waals surface area contributed by atoms with Crippen molar-refractivity contribution in [1.29, 1.82) is 0 Å². The van der Waals surface area contributed by atoms with Gasteiger partial charge in [-0.05, 0) is 42.8 Å². The lowest BCUT2D eigenvalue weighted by molar-refractivity contribution is 0.0601. The number of halogens is 1. The van der Waals surface area contributed by atoms with E-state index in [4.69, 9.17) is 4.74 Å². The van der Waals surface area contributed by atoms with Crippen LogP contribution >= 0.6 is 15.9 Å². The Hall–Kier alpha value is -1.81. The molecule has 0 aliphatic rings. The van der Waals surface area contributed by atoms with Crippen molar-refractivity contribution >= 4 is 27.6 Å². The molecule has 104 valence electrons. The van der Waals surface area contributed by atoms with Crippen molar-refractivity contribution in [2.24, 2.45) is 0 Å². The van der Waals surface area contributed by atoms with E-state index in [1.165, 1.54) is 12.7 Å². The summed E-state index contributed by atoms with van der Waals surface area (Å²) in [7, 11) is 1.38. The van der Waals surface area contributed by atoms with Crippen molar-refractivity contribution in [2.45, 2.75) is 13.0 Å². The first kappa shape index (κ1) is 14.6. The van der Waals surface area contributed by atoms with Gasteiger partial charge in [0.2, 0.25) is 0 Å². The number of rotatable bonds is 4. The highest BCUT2D eigenvalue weighted by atomic mass is 79.9. The summed E-state index contributed by atoms with van der Waals surface area (Å²) in [6.45, 7) is 2.08. The Kier molecular flexibility index (Phi) is 4.79. The molecular weight excluding hydrogens is 318 g/mol. The molecule has 3 nitrogen and oxygen atoms in total. The number of ether oxygens (including phenoxy) is 1. The predicted octanol–water partition coefficient (Wildman–Crippen LogP) is 4.41. The highest BCUT2D eigenvalue weighted by Gasteiger charge is 2.08. The van der Waals surface area contributed by atoms with E-state index in [1.807, 2.05) is 24.3 Å². The zero-order chi connectivity index (χ0) is 14.5. The van der Waals surface area contributed by atoms with Gasteiger partial charge in [-0.15, -0.1) is 0 Å². The van der Waals surface area contributed by atoms with Crippen LogP contribution in [0.4, 0.5) is 5.69 Å². The highest BCUT2D eigenvalue weighted by molar-refractivity contribution is 9.10. The molecule has 1 atom stereocenters. The van der Waals surface area contributed by atoms with Crippen molar-refractivity contribution in [1.82, 2.24) is 0 Å². The van der Waals surface area contributed by atoms with Gasteiger partial charge in [0.05, 0.1) is 12.7 Å². The molecule has 0 aliphatic heterocycles. The fourth-order valence-electron chi connectivity index (χ4n) is 1.94. The Bertz CT molecular complexity index is 596.